The maximum Gasteiger partial charge on any atom is 0.412 e. The second kappa shape index (κ2) is 11.1. The van der Waals surface area contributed by atoms with Crippen LogP contribution < -0.4 is 20.1 Å². The van der Waals surface area contributed by atoms with Crippen LogP contribution in [0.15, 0.2) is 30.5 Å². The van der Waals surface area contributed by atoms with Crippen molar-refractivity contribution in [2.24, 2.45) is 5.92 Å². The minimum absolute atomic E-state index is 0.273. The molecule has 1 aromatic heterocycles. The van der Waals surface area contributed by atoms with Crippen LogP contribution in [0.3, 0.4) is 0 Å². The number of anilines is 1. The zero-order valence-corrected chi connectivity index (χ0v) is 22.2. The van der Waals surface area contributed by atoms with E-state index in [-0.39, 0.29) is 13.2 Å². The first kappa shape index (κ1) is 27.1. The highest BCUT2D eigenvalue weighted by Gasteiger charge is 2.31. The van der Waals surface area contributed by atoms with Gasteiger partial charge in [-0.2, -0.15) is 0 Å². The molecule has 0 spiro atoms. The molecule has 2 N–H and O–H groups in total. The number of ether oxygens (including phenoxy) is 4. The molecule has 0 saturated carbocycles. The van der Waals surface area contributed by atoms with Crippen LogP contribution in [0.25, 0.3) is 11.1 Å². The third-order valence-corrected chi connectivity index (χ3v) is 5.34. The van der Waals surface area contributed by atoms with E-state index in [2.05, 4.69) is 29.5 Å². The molecule has 2 amide bonds. The van der Waals surface area contributed by atoms with Gasteiger partial charge in [0.2, 0.25) is 0 Å². The average molecular weight is 500 g/mol. The molecule has 0 radical (unpaired) electrons. The number of aromatic nitrogens is 1. The molecule has 0 fully saturated rings. The van der Waals surface area contributed by atoms with Crippen LogP contribution in [0.1, 0.15) is 60.5 Å². The molecule has 9 heteroatoms. The lowest BCUT2D eigenvalue weighted by atomic mass is 9.91. The Bertz CT molecular complexity index is 1100. The van der Waals surface area contributed by atoms with Crippen LogP contribution in [-0.4, -0.2) is 41.5 Å². The highest BCUT2D eigenvalue weighted by Crippen LogP contribution is 2.39. The second-order valence-electron chi connectivity index (χ2n) is 10.6. The van der Waals surface area contributed by atoms with E-state index in [1.165, 1.54) is 0 Å². The van der Waals surface area contributed by atoms with Crippen LogP contribution >= 0.6 is 0 Å². The van der Waals surface area contributed by atoms with Crippen LogP contribution in [-0.2, 0) is 16.1 Å². The fraction of sp³-hybridized carbons (Fsp3) is 0.519. The number of amides is 2. The van der Waals surface area contributed by atoms with Crippen molar-refractivity contribution in [2.45, 2.75) is 72.6 Å². The number of alkyl carbamates (subject to hydrolysis) is 1. The van der Waals surface area contributed by atoms with E-state index >= 15 is 0 Å². The largest absolute Gasteiger partial charge is 0.491 e. The Balaban J connectivity index is 1.75. The van der Waals surface area contributed by atoms with Gasteiger partial charge < -0.3 is 24.3 Å². The molecule has 2 aromatic rings. The van der Waals surface area contributed by atoms with Crippen molar-refractivity contribution >= 4 is 18.0 Å². The molecule has 1 aromatic carbocycles. The summed E-state index contributed by atoms with van der Waals surface area (Å²) in [5.74, 6) is 2.02. The molecule has 1 unspecified atom stereocenters. The predicted molar refractivity (Wildman–Crippen MR) is 137 cm³/mol. The summed E-state index contributed by atoms with van der Waals surface area (Å²) in [5.41, 5.74) is 1.53. The fourth-order valence-corrected chi connectivity index (χ4v) is 4.15. The number of hydrogen-bond donors (Lipinski definition) is 2. The predicted octanol–water partition coefficient (Wildman–Crippen LogP) is 5.92. The molecular weight excluding hydrogens is 462 g/mol. The van der Waals surface area contributed by atoms with E-state index < -0.39 is 23.3 Å². The molecule has 0 aliphatic carbocycles. The van der Waals surface area contributed by atoms with Crippen molar-refractivity contribution < 1.29 is 28.5 Å². The SMILES string of the molecule is CCOC(=O)Nc1cc2c(cn1)OCc1cc(OCC(C)(CC(C)C)NC(=O)OC(C)(C)C)ccc1-2. The van der Waals surface area contributed by atoms with Gasteiger partial charge in [0.1, 0.15) is 36.1 Å². The summed E-state index contributed by atoms with van der Waals surface area (Å²) in [4.78, 5) is 28.5. The van der Waals surface area contributed by atoms with Crippen molar-refractivity contribution in [1.29, 1.82) is 0 Å². The molecule has 36 heavy (non-hydrogen) atoms. The lowest BCUT2D eigenvalue weighted by molar-refractivity contribution is 0.0408. The van der Waals surface area contributed by atoms with Gasteiger partial charge in [-0.05, 0) is 70.7 Å². The molecule has 1 aliphatic heterocycles. The third-order valence-electron chi connectivity index (χ3n) is 5.34. The Morgan fingerprint density at radius 3 is 2.53 bits per heavy atom. The van der Waals surface area contributed by atoms with Gasteiger partial charge in [-0.3, -0.25) is 5.32 Å². The lowest BCUT2D eigenvalue weighted by Gasteiger charge is -2.33. The Morgan fingerprint density at radius 1 is 1.11 bits per heavy atom. The molecule has 2 heterocycles. The average Bonchev–Trinajstić information content (AvgIpc) is 2.75. The zero-order valence-electron chi connectivity index (χ0n) is 22.2. The Kier molecular flexibility index (Phi) is 8.32. The standard InChI is InChI=1S/C27H37N3O6/c1-8-33-24(31)29-23-12-21-20-10-9-19(11-18(20)15-34-22(21)14-28-23)35-16-27(7,13-17(2)3)30-25(32)36-26(4,5)6/h9-12,14,17H,8,13,15-16H2,1-7H3,(H,30,32)(H,28,29,31). The normalized spacial score (nSPS) is 14.0. The van der Waals surface area contributed by atoms with Gasteiger partial charge in [-0.15, -0.1) is 0 Å². The number of hydrogen-bond acceptors (Lipinski definition) is 7. The minimum atomic E-state index is -0.616. The monoisotopic (exact) mass is 499 g/mol. The highest BCUT2D eigenvalue weighted by molar-refractivity contribution is 5.86. The molecule has 196 valence electrons. The molecule has 0 saturated heterocycles. The number of nitrogens with zero attached hydrogens (tertiary/aromatic N) is 1. The Labute approximate surface area is 212 Å². The number of pyridine rings is 1. The minimum Gasteiger partial charge on any atom is -0.491 e. The van der Waals surface area contributed by atoms with Crippen LogP contribution in [0.2, 0.25) is 0 Å². The van der Waals surface area contributed by atoms with Crippen molar-refractivity contribution in [2.75, 3.05) is 18.5 Å². The number of fused-ring (bicyclic) bond motifs is 3. The Hall–Kier alpha value is -3.49. The quantitative estimate of drug-likeness (QED) is 0.464. The number of rotatable bonds is 8. The van der Waals surface area contributed by atoms with Crippen LogP contribution in [0.5, 0.6) is 11.5 Å². The summed E-state index contributed by atoms with van der Waals surface area (Å²) in [5, 5.41) is 5.61. The number of carbonyl (C=O) groups excluding carboxylic acids is 2. The van der Waals surface area contributed by atoms with Crippen molar-refractivity contribution in [3.63, 3.8) is 0 Å². The van der Waals surface area contributed by atoms with Gasteiger partial charge in [0.05, 0.1) is 18.3 Å². The molecule has 9 nitrogen and oxygen atoms in total. The maximum atomic E-state index is 12.5. The number of carbonyl (C=O) groups is 2. The summed E-state index contributed by atoms with van der Waals surface area (Å²) in [7, 11) is 0. The van der Waals surface area contributed by atoms with E-state index in [1.807, 2.05) is 45.9 Å². The summed E-state index contributed by atoms with van der Waals surface area (Å²) in [6.45, 7) is 14.3. The van der Waals surface area contributed by atoms with Gasteiger partial charge in [0.15, 0.2) is 0 Å². The summed E-state index contributed by atoms with van der Waals surface area (Å²) >= 11 is 0. The van der Waals surface area contributed by atoms with E-state index in [0.29, 0.717) is 29.8 Å². The number of nitrogens with one attached hydrogen (secondary N) is 2. The van der Waals surface area contributed by atoms with Gasteiger partial charge >= 0.3 is 12.2 Å². The second-order valence-corrected chi connectivity index (χ2v) is 10.6. The highest BCUT2D eigenvalue weighted by atomic mass is 16.6. The summed E-state index contributed by atoms with van der Waals surface area (Å²) in [6.07, 6.45) is 1.28. The molecule has 0 bridgehead atoms. The van der Waals surface area contributed by atoms with Crippen LogP contribution in [0, 0.1) is 5.92 Å². The Morgan fingerprint density at radius 2 is 1.86 bits per heavy atom. The van der Waals surface area contributed by atoms with Gasteiger partial charge in [-0.1, -0.05) is 19.9 Å². The third kappa shape index (κ3) is 7.50. The topological polar surface area (TPSA) is 108 Å². The van der Waals surface area contributed by atoms with Gasteiger partial charge in [0.25, 0.3) is 0 Å². The smallest absolute Gasteiger partial charge is 0.412 e. The first-order valence-corrected chi connectivity index (χ1v) is 12.2. The van der Waals surface area contributed by atoms with E-state index in [4.69, 9.17) is 18.9 Å². The van der Waals surface area contributed by atoms with Gasteiger partial charge in [0, 0.05) is 11.1 Å². The summed E-state index contributed by atoms with van der Waals surface area (Å²) in [6, 6.07) is 7.53. The first-order chi connectivity index (χ1) is 16.9. The number of benzene rings is 1. The molecule has 3 rings (SSSR count). The van der Waals surface area contributed by atoms with E-state index in [0.717, 1.165) is 23.1 Å². The van der Waals surface area contributed by atoms with Gasteiger partial charge in [-0.25, -0.2) is 14.6 Å². The molecule has 1 aliphatic rings. The zero-order chi connectivity index (χ0) is 26.5. The fourth-order valence-electron chi connectivity index (χ4n) is 4.15. The van der Waals surface area contributed by atoms with Crippen molar-refractivity contribution in [3.05, 3.63) is 36.0 Å². The van der Waals surface area contributed by atoms with Crippen LogP contribution in [0.4, 0.5) is 15.4 Å². The maximum absolute atomic E-state index is 12.5. The van der Waals surface area contributed by atoms with Crippen molar-refractivity contribution in [3.8, 4) is 22.6 Å². The summed E-state index contributed by atoms with van der Waals surface area (Å²) < 4.78 is 22.4. The molecular formula is C27H37N3O6. The lowest BCUT2D eigenvalue weighted by Crippen LogP contribution is -2.52. The first-order valence-electron chi connectivity index (χ1n) is 12.2. The van der Waals surface area contributed by atoms with Crippen molar-refractivity contribution in [1.82, 2.24) is 10.3 Å². The van der Waals surface area contributed by atoms with E-state index in [9.17, 15) is 9.59 Å². The molecule has 1 atom stereocenters. The van der Waals surface area contributed by atoms with E-state index in [1.54, 1.807) is 19.2 Å².